The van der Waals surface area contributed by atoms with Crippen LogP contribution >= 0.6 is 0 Å². The maximum Gasteiger partial charge on any atom is 0.338 e. The summed E-state index contributed by atoms with van der Waals surface area (Å²) in [5.74, 6) is -0.908. The van der Waals surface area contributed by atoms with E-state index < -0.39 is 23.4 Å². The summed E-state index contributed by atoms with van der Waals surface area (Å²) in [6.45, 7) is 12.2. The van der Waals surface area contributed by atoms with Crippen LogP contribution in [0, 0.1) is 0 Å². The third kappa shape index (κ3) is 6.41. The quantitative estimate of drug-likeness (QED) is 0.499. The predicted molar refractivity (Wildman–Crippen MR) is 132 cm³/mol. The highest BCUT2D eigenvalue weighted by Crippen LogP contribution is 2.46. The molecule has 0 N–H and O–H groups in total. The highest BCUT2D eigenvalue weighted by Gasteiger charge is 2.56. The molecule has 1 saturated heterocycles. The second kappa shape index (κ2) is 12.1. The summed E-state index contributed by atoms with van der Waals surface area (Å²) in [5, 5.41) is 0. The van der Waals surface area contributed by atoms with Crippen molar-refractivity contribution in [2.24, 2.45) is 0 Å². The molecule has 1 aliphatic heterocycles. The zero-order chi connectivity index (χ0) is 24.4. The largest absolute Gasteiger partial charge is 0.338 e. The summed E-state index contributed by atoms with van der Waals surface area (Å²) in [7, 11) is 0. The number of amides is 4. The Morgan fingerprint density at radius 1 is 0.848 bits per heavy atom. The molecule has 5 heteroatoms. The third-order valence-corrected chi connectivity index (χ3v) is 5.43. The van der Waals surface area contributed by atoms with E-state index in [0.29, 0.717) is 18.5 Å². The summed E-state index contributed by atoms with van der Waals surface area (Å²) in [5.41, 5.74) is 1.91. The van der Waals surface area contributed by atoms with Gasteiger partial charge in [-0.15, -0.1) is 0 Å². The van der Waals surface area contributed by atoms with E-state index in [-0.39, 0.29) is 6.42 Å². The van der Waals surface area contributed by atoms with Gasteiger partial charge in [0.2, 0.25) is 11.8 Å². The number of rotatable bonds is 6. The summed E-state index contributed by atoms with van der Waals surface area (Å²) in [4.78, 5) is 40.8. The molecule has 1 heterocycles. The molecule has 4 rings (SSSR count). The second-order valence-electron chi connectivity index (χ2n) is 8.24. The first-order chi connectivity index (χ1) is 15.9. The van der Waals surface area contributed by atoms with Gasteiger partial charge >= 0.3 is 6.03 Å². The fraction of sp³-hybridized carbons (Fsp3) is 0.393. The van der Waals surface area contributed by atoms with Crippen LogP contribution in [0.1, 0.15) is 64.5 Å². The molecule has 5 nitrogen and oxygen atoms in total. The Morgan fingerprint density at radius 3 is 1.82 bits per heavy atom. The number of urea groups is 1. The molecule has 33 heavy (non-hydrogen) atoms. The normalized spacial score (nSPS) is 16.3. The molecule has 0 bridgehead atoms. The number of carbonyl (C=O) groups is 3. The highest BCUT2D eigenvalue weighted by atomic mass is 16.2. The first-order valence-electron chi connectivity index (χ1n) is 11.9. The molecule has 0 spiro atoms. The minimum absolute atomic E-state index is 0.296. The van der Waals surface area contributed by atoms with Gasteiger partial charge in [0.25, 0.3) is 0 Å². The van der Waals surface area contributed by atoms with Crippen molar-refractivity contribution >= 4 is 17.8 Å². The SMILES string of the molecule is C=C(Cc1ccccc1)N1C(=O)CC(=O)N(C2(Cc3ccccc3)CC2)C1=O.CC.CCC. The van der Waals surface area contributed by atoms with E-state index in [1.54, 1.807) is 0 Å². The molecule has 176 valence electrons. The molecular weight excluding hydrogens is 412 g/mol. The zero-order valence-electron chi connectivity index (χ0n) is 20.3. The Balaban J connectivity index is 0.000000714. The number of nitrogens with zero attached hydrogens (tertiary/aromatic N) is 2. The van der Waals surface area contributed by atoms with Crippen molar-refractivity contribution in [1.29, 1.82) is 0 Å². The summed E-state index contributed by atoms with van der Waals surface area (Å²) in [6, 6.07) is 18.8. The van der Waals surface area contributed by atoms with Crippen LogP contribution in [-0.2, 0) is 22.4 Å². The summed E-state index contributed by atoms with van der Waals surface area (Å²) in [6.07, 6.45) is 3.46. The van der Waals surface area contributed by atoms with Crippen LogP contribution < -0.4 is 0 Å². The topological polar surface area (TPSA) is 57.7 Å². The number of allylic oxidation sites excluding steroid dienone is 1. The van der Waals surface area contributed by atoms with Gasteiger partial charge in [0.15, 0.2) is 0 Å². The van der Waals surface area contributed by atoms with Crippen molar-refractivity contribution < 1.29 is 14.4 Å². The van der Waals surface area contributed by atoms with Crippen LogP contribution in [0.2, 0.25) is 0 Å². The minimum atomic E-state index is -0.560. The van der Waals surface area contributed by atoms with E-state index in [1.165, 1.54) is 11.3 Å². The first-order valence-corrected chi connectivity index (χ1v) is 11.9. The van der Waals surface area contributed by atoms with E-state index in [4.69, 9.17) is 0 Å². The van der Waals surface area contributed by atoms with E-state index in [9.17, 15) is 14.4 Å². The van der Waals surface area contributed by atoms with E-state index in [0.717, 1.165) is 28.9 Å². The molecule has 2 aromatic rings. The number of carbonyl (C=O) groups excluding carboxylic acids is 3. The zero-order valence-corrected chi connectivity index (χ0v) is 20.3. The number of hydrogen-bond donors (Lipinski definition) is 0. The number of hydrogen-bond acceptors (Lipinski definition) is 3. The lowest BCUT2D eigenvalue weighted by Crippen LogP contribution is -2.59. The first kappa shape index (κ1) is 26.0. The Morgan fingerprint density at radius 2 is 1.33 bits per heavy atom. The molecule has 0 unspecified atom stereocenters. The van der Waals surface area contributed by atoms with E-state index in [1.807, 2.05) is 74.5 Å². The van der Waals surface area contributed by atoms with Crippen molar-refractivity contribution in [2.75, 3.05) is 0 Å². The van der Waals surface area contributed by atoms with Gasteiger partial charge in [-0.1, -0.05) is 101 Å². The van der Waals surface area contributed by atoms with Gasteiger partial charge in [0, 0.05) is 12.1 Å². The average Bonchev–Trinajstić information content (AvgIpc) is 3.56. The Kier molecular flexibility index (Phi) is 9.58. The average molecular weight is 449 g/mol. The lowest BCUT2D eigenvalue weighted by Gasteiger charge is -2.38. The molecular formula is C28H36N2O3. The third-order valence-electron chi connectivity index (χ3n) is 5.43. The van der Waals surface area contributed by atoms with Gasteiger partial charge in [-0.2, -0.15) is 0 Å². The fourth-order valence-electron chi connectivity index (χ4n) is 3.89. The maximum absolute atomic E-state index is 13.2. The van der Waals surface area contributed by atoms with E-state index in [2.05, 4.69) is 20.4 Å². The van der Waals surface area contributed by atoms with Gasteiger partial charge in [-0.25, -0.2) is 9.69 Å². The van der Waals surface area contributed by atoms with Crippen LogP contribution in [0.4, 0.5) is 4.79 Å². The summed E-state index contributed by atoms with van der Waals surface area (Å²) >= 11 is 0. The number of imide groups is 2. The van der Waals surface area contributed by atoms with E-state index >= 15 is 0 Å². The van der Waals surface area contributed by atoms with Crippen molar-refractivity contribution in [3.8, 4) is 0 Å². The molecule has 1 aliphatic carbocycles. The van der Waals surface area contributed by atoms with Gasteiger partial charge in [0.05, 0.1) is 5.54 Å². The second-order valence-corrected chi connectivity index (χ2v) is 8.24. The molecule has 0 aromatic heterocycles. The van der Waals surface area contributed by atoms with Crippen LogP contribution in [0.5, 0.6) is 0 Å². The highest BCUT2D eigenvalue weighted by molar-refractivity contribution is 6.15. The number of barbiturate groups is 1. The standard InChI is InChI=1S/C23H22N2O3.C3H8.C2H6/c1-17(14-18-8-4-2-5-9-18)24-20(26)15-21(27)25(22(24)28)23(12-13-23)16-19-10-6-3-7-11-19;1-3-2;1-2/h2-11H,1,12-16H2;3H2,1-2H3;1-2H3. The lowest BCUT2D eigenvalue weighted by atomic mass is 10.0. The number of benzene rings is 2. The minimum Gasteiger partial charge on any atom is -0.274 e. The van der Waals surface area contributed by atoms with Crippen LogP contribution in [0.25, 0.3) is 0 Å². The van der Waals surface area contributed by atoms with Crippen molar-refractivity contribution in [1.82, 2.24) is 9.80 Å². The lowest BCUT2D eigenvalue weighted by molar-refractivity contribution is -0.143. The van der Waals surface area contributed by atoms with Crippen molar-refractivity contribution in [3.05, 3.63) is 84.1 Å². The molecule has 2 aliphatic rings. The van der Waals surface area contributed by atoms with Crippen LogP contribution in [0.3, 0.4) is 0 Å². The molecule has 0 atom stereocenters. The van der Waals surface area contributed by atoms with Gasteiger partial charge in [-0.3, -0.25) is 14.5 Å². The van der Waals surface area contributed by atoms with Gasteiger partial charge < -0.3 is 0 Å². The Bertz CT molecular complexity index is 950. The van der Waals surface area contributed by atoms with Crippen molar-refractivity contribution in [2.45, 2.75) is 71.8 Å². The summed E-state index contributed by atoms with van der Waals surface area (Å²) < 4.78 is 0. The maximum atomic E-state index is 13.2. The molecule has 1 saturated carbocycles. The van der Waals surface area contributed by atoms with Crippen LogP contribution in [-0.4, -0.2) is 33.2 Å². The van der Waals surface area contributed by atoms with Crippen LogP contribution in [0.15, 0.2) is 72.9 Å². The Labute approximate surface area is 198 Å². The van der Waals surface area contributed by atoms with Gasteiger partial charge in [0.1, 0.15) is 6.42 Å². The van der Waals surface area contributed by atoms with Crippen molar-refractivity contribution in [3.63, 3.8) is 0 Å². The Hall–Kier alpha value is -3.21. The molecule has 0 radical (unpaired) electrons. The van der Waals surface area contributed by atoms with Gasteiger partial charge in [-0.05, 0) is 30.4 Å². The predicted octanol–water partition coefficient (Wildman–Crippen LogP) is 6.14. The fourth-order valence-corrected chi connectivity index (χ4v) is 3.89. The molecule has 2 aromatic carbocycles. The molecule has 2 fully saturated rings. The molecule has 4 amide bonds. The monoisotopic (exact) mass is 448 g/mol. The smallest absolute Gasteiger partial charge is 0.274 e.